The van der Waals surface area contributed by atoms with Crippen LogP contribution < -0.4 is 0 Å². The van der Waals surface area contributed by atoms with Gasteiger partial charge in [0.1, 0.15) is 0 Å². The van der Waals surface area contributed by atoms with Crippen molar-refractivity contribution in [2.45, 2.75) is 200 Å². The molecule has 0 unspecified atom stereocenters. The Labute approximate surface area is 229 Å². The summed E-state index contributed by atoms with van der Waals surface area (Å²) in [5, 5.41) is 0. The van der Waals surface area contributed by atoms with Crippen LogP contribution in [0.2, 0.25) is 0 Å². The number of unbranched alkanes of at least 4 members (excludes halogenated alkanes) is 26. The molecule has 0 fully saturated rings. The van der Waals surface area contributed by atoms with Gasteiger partial charge in [-0.25, -0.2) is 0 Å². The Morgan fingerprint density at radius 1 is 0.333 bits per heavy atom. The summed E-state index contributed by atoms with van der Waals surface area (Å²) in [5.74, 6) is 0. The molecule has 0 heterocycles. The van der Waals surface area contributed by atoms with Gasteiger partial charge in [0.15, 0.2) is 0 Å². The van der Waals surface area contributed by atoms with Crippen LogP contribution in [0, 0.1) is 0 Å². The molecular weight excluding hydrogens is 432 g/mol. The molecule has 0 bridgehead atoms. The largest absolute Gasteiger partial charge is 0.129 e. The highest BCUT2D eigenvalue weighted by Crippen LogP contribution is 2.14. The minimum absolute atomic E-state index is 1.05. The van der Waals surface area contributed by atoms with Crippen LogP contribution >= 0.6 is 0 Å². The van der Waals surface area contributed by atoms with Crippen LogP contribution in [-0.2, 0) is 0 Å². The zero-order valence-corrected chi connectivity index (χ0v) is 25.3. The third-order valence-electron chi connectivity index (χ3n) is 7.58. The molecular formula is C36H68. The summed E-state index contributed by atoms with van der Waals surface area (Å²) in [6, 6.07) is 0. The Kier molecular flexibility index (Phi) is 33.6. The summed E-state index contributed by atoms with van der Waals surface area (Å²) in [4.78, 5) is 0. The first-order valence-electron chi connectivity index (χ1n) is 17.0. The molecule has 0 aromatic carbocycles. The highest BCUT2D eigenvalue weighted by atomic mass is 14.0. The Morgan fingerprint density at radius 3 is 1.06 bits per heavy atom. The molecule has 212 valence electrons. The highest BCUT2D eigenvalue weighted by molar-refractivity contribution is 4.93. The van der Waals surface area contributed by atoms with E-state index < -0.39 is 0 Å². The van der Waals surface area contributed by atoms with Gasteiger partial charge in [0.2, 0.25) is 0 Å². The SMILES string of the molecule is CCCCCCCCCCCCCCC=CCC=C=CCCCCCCCCCCCCCCCC. The maximum absolute atomic E-state index is 3.38. The fourth-order valence-electron chi connectivity index (χ4n) is 5.06. The predicted molar refractivity (Wildman–Crippen MR) is 167 cm³/mol. The topological polar surface area (TPSA) is 0 Å². The van der Waals surface area contributed by atoms with E-state index >= 15 is 0 Å². The van der Waals surface area contributed by atoms with Crippen LogP contribution in [0.3, 0.4) is 0 Å². The Morgan fingerprint density at radius 2 is 0.667 bits per heavy atom. The molecule has 0 saturated carbocycles. The summed E-state index contributed by atoms with van der Waals surface area (Å²) in [5.41, 5.74) is 3.38. The lowest BCUT2D eigenvalue weighted by Gasteiger charge is -2.02. The minimum atomic E-state index is 1.05. The van der Waals surface area contributed by atoms with Crippen molar-refractivity contribution in [3.05, 3.63) is 30.0 Å². The molecule has 36 heavy (non-hydrogen) atoms. The zero-order chi connectivity index (χ0) is 26.0. The van der Waals surface area contributed by atoms with Gasteiger partial charge in [-0.3, -0.25) is 0 Å². The van der Waals surface area contributed by atoms with Crippen molar-refractivity contribution in [2.24, 2.45) is 0 Å². The summed E-state index contributed by atoms with van der Waals surface area (Å²) in [7, 11) is 0. The molecule has 0 heteroatoms. The van der Waals surface area contributed by atoms with E-state index in [1.165, 1.54) is 180 Å². The van der Waals surface area contributed by atoms with Crippen LogP contribution in [0.25, 0.3) is 0 Å². The van der Waals surface area contributed by atoms with Crippen molar-refractivity contribution in [3.8, 4) is 0 Å². The smallest absolute Gasteiger partial charge is 0.00930 e. The molecule has 0 atom stereocenters. The van der Waals surface area contributed by atoms with Gasteiger partial charge in [0.05, 0.1) is 0 Å². The van der Waals surface area contributed by atoms with Crippen molar-refractivity contribution >= 4 is 0 Å². The van der Waals surface area contributed by atoms with Gasteiger partial charge in [-0.05, 0) is 44.3 Å². The van der Waals surface area contributed by atoms with Crippen molar-refractivity contribution in [3.63, 3.8) is 0 Å². The Balaban J connectivity index is 3.22. The first-order valence-corrected chi connectivity index (χ1v) is 17.0. The maximum Gasteiger partial charge on any atom is -0.00930 e. The first-order chi connectivity index (χ1) is 17.9. The van der Waals surface area contributed by atoms with E-state index in [1.54, 1.807) is 0 Å². The number of allylic oxidation sites excluding steroid dienone is 3. The van der Waals surface area contributed by atoms with Crippen LogP contribution in [0.1, 0.15) is 200 Å². The summed E-state index contributed by atoms with van der Waals surface area (Å²) in [6.07, 6.45) is 50.0. The van der Waals surface area contributed by atoms with E-state index in [4.69, 9.17) is 0 Å². The molecule has 0 N–H and O–H groups in total. The standard InChI is InChI=1S/C36H68/c1-3-5-7-9-11-13-15-17-19-21-23-25-27-29-31-33-35-36-34-32-30-28-26-24-22-20-18-16-14-12-10-8-6-4-2/h29,31,34-35H,3-28,30,32-33H2,1-2H3. The zero-order valence-electron chi connectivity index (χ0n) is 25.3. The summed E-state index contributed by atoms with van der Waals surface area (Å²) >= 11 is 0. The average molecular weight is 501 g/mol. The van der Waals surface area contributed by atoms with E-state index in [9.17, 15) is 0 Å². The van der Waals surface area contributed by atoms with Gasteiger partial charge >= 0.3 is 0 Å². The molecule has 0 spiro atoms. The third kappa shape index (κ3) is 33.3. The number of rotatable bonds is 30. The Bertz CT molecular complexity index is 464. The van der Waals surface area contributed by atoms with Gasteiger partial charge in [-0.15, -0.1) is 5.73 Å². The molecule has 0 radical (unpaired) electrons. The fraction of sp³-hybridized carbons (Fsp3) is 0.861. The molecule has 0 amide bonds. The van der Waals surface area contributed by atoms with E-state index in [1.807, 2.05) is 0 Å². The number of hydrogen-bond acceptors (Lipinski definition) is 0. The number of hydrogen-bond donors (Lipinski definition) is 0. The van der Waals surface area contributed by atoms with Gasteiger partial charge in [0, 0.05) is 0 Å². The van der Waals surface area contributed by atoms with Crippen LogP contribution in [-0.4, -0.2) is 0 Å². The van der Waals surface area contributed by atoms with Crippen molar-refractivity contribution < 1.29 is 0 Å². The van der Waals surface area contributed by atoms with E-state index in [0.717, 1.165) is 6.42 Å². The molecule has 0 aliphatic carbocycles. The van der Waals surface area contributed by atoms with Gasteiger partial charge < -0.3 is 0 Å². The molecule has 0 saturated heterocycles. The lowest BCUT2D eigenvalue weighted by Crippen LogP contribution is -1.83. The predicted octanol–water partition coefficient (Wildman–Crippen LogP) is 13.6. The molecule has 0 aromatic rings. The van der Waals surface area contributed by atoms with Gasteiger partial charge in [0.25, 0.3) is 0 Å². The van der Waals surface area contributed by atoms with E-state index in [-0.39, 0.29) is 0 Å². The van der Waals surface area contributed by atoms with Crippen molar-refractivity contribution in [2.75, 3.05) is 0 Å². The normalized spacial score (nSPS) is 11.3. The summed E-state index contributed by atoms with van der Waals surface area (Å²) in [6.45, 7) is 4.60. The van der Waals surface area contributed by atoms with Crippen molar-refractivity contribution in [1.82, 2.24) is 0 Å². The van der Waals surface area contributed by atoms with Gasteiger partial charge in [-0.2, -0.15) is 0 Å². The first kappa shape index (κ1) is 35.3. The second-order valence-corrected chi connectivity index (χ2v) is 11.3. The van der Waals surface area contributed by atoms with Crippen LogP contribution in [0.15, 0.2) is 30.0 Å². The molecule has 0 nitrogen and oxygen atoms in total. The van der Waals surface area contributed by atoms with E-state index in [0.29, 0.717) is 0 Å². The molecule has 0 rings (SSSR count). The van der Waals surface area contributed by atoms with Gasteiger partial charge in [-0.1, -0.05) is 180 Å². The molecule has 0 aromatic heterocycles. The third-order valence-corrected chi connectivity index (χ3v) is 7.58. The molecule has 0 aliphatic heterocycles. The monoisotopic (exact) mass is 501 g/mol. The fourth-order valence-corrected chi connectivity index (χ4v) is 5.06. The Hall–Kier alpha value is -0.740. The lowest BCUT2D eigenvalue weighted by molar-refractivity contribution is 0.536. The quantitative estimate of drug-likeness (QED) is 0.0522. The second kappa shape index (κ2) is 34.3. The second-order valence-electron chi connectivity index (χ2n) is 11.3. The lowest BCUT2D eigenvalue weighted by atomic mass is 10.0. The molecule has 0 aliphatic rings. The van der Waals surface area contributed by atoms with E-state index in [2.05, 4.69) is 43.9 Å². The highest BCUT2D eigenvalue weighted by Gasteiger charge is 1.94. The van der Waals surface area contributed by atoms with Crippen LogP contribution in [0.5, 0.6) is 0 Å². The maximum atomic E-state index is 3.38. The van der Waals surface area contributed by atoms with Crippen LogP contribution in [0.4, 0.5) is 0 Å². The average Bonchev–Trinajstić information content (AvgIpc) is 2.89. The van der Waals surface area contributed by atoms with Crippen molar-refractivity contribution in [1.29, 1.82) is 0 Å². The minimum Gasteiger partial charge on any atom is -0.129 e. The summed E-state index contributed by atoms with van der Waals surface area (Å²) < 4.78 is 0.